The van der Waals surface area contributed by atoms with Gasteiger partial charge in [-0.1, -0.05) is 30.3 Å². The number of methoxy groups -OCH3 is 1. The zero-order chi connectivity index (χ0) is 21.8. The van der Waals surface area contributed by atoms with Gasteiger partial charge in [0.1, 0.15) is 5.75 Å². The molecule has 31 heavy (non-hydrogen) atoms. The molecule has 0 bridgehead atoms. The lowest BCUT2D eigenvalue weighted by atomic mass is 10.1. The lowest BCUT2D eigenvalue weighted by molar-refractivity contribution is 0.0930. The first-order valence-corrected chi connectivity index (χ1v) is 10.3. The summed E-state index contributed by atoms with van der Waals surface area (Å²) in [6.45, 7) is 2.94. The normalized spacial score (nSPS) is 13.5. The summed E-state index contributed by atoms with van der Waals surface area (Å²) < 4.78 is 6.69. The molecular formula is C23H25N5O3. The van der Waals surface area contributed by atoms with E-state index in [4.69, 9.17) is 4.74 Å². The molecule has 0 radical (unpaired) electrons. The van der Waals surface area contributed by atoms with Crippen LogP contribution in [0.2, 0.25) is 0 Å². The van der Waals surface area contributed by atoms with Crippen LogP contribution in [-0.4, -0.2) is 40.4 Å². The number of carbonyl (C=O) groups is 1. The van der Waals surface area contributed by atoms with Gasteiger partial charge in [0, 0.05) is 24.8 Å². The van der Waals surface area contributed by atoms with Crippen LogP contribution in [0.15, 0.2) is 59.4 Å². The van der Waals surface area contributed by atoms with E-state index in [0.29, 0.717) is 19.0 Å². The number of fused-ring (bicyclic) bond motifs is 1. The average molecular weight is 419 g/mol. The van der Waals surface area contributed by atoms with Crippen LogP contribution in [0.25, 0.3) is 0 Å². The van der Waals surface area contributed by atoms with Crippen LogP contribution in [-0.2, 0) is 13.0 Å². The third-order valence-corrected chi connectivity index (χ3v) is 5.40. The van der Waals surface area contributed by atoms with Crippen molar-refractivity contribution < 1.29 is 9.53 Å². The largest absolute Gasteiger partial charge is 0.497 e. The molecule has 0 aliphatic carbocycles. The molecule has 0 saturated heterocycles. The van der Waals surface area contributed by atoms with Crippen molar-refractivity contribution in [3.05, 3.63) is 76.2 Å². The number of carbonyl (C=O) groups excluding carboxylic acids is 1. The van der Waals surface area contributed by atoms with Gasteiger partial charge in [-0.05, 0) is 49.6 Å². The fourth-order valence-electron chi connectivity index (χ4n) is 3.65. The molecule has 160 valence electrons. The molecule has 2 heterocycles. The number of benzene rings is 2. The van der Waals surface area contributed by atoms with Crippen molar-refractivity contribution in [1.82, 2.24) is 20.1 Å². The Hall–Kier alpha value is -3.68. The highest BCUT2D eigenvalue weighted by molar-refractivity contribution is 5.92. The maximum atomic E-state index is 12.9. The fraction of sp³-hybridized carbons (Fsp3) is 0.304. The number of amides is 1. The predicted molar refractivity (Wildman–Crippen MR) is 118 cm³/mol. The molecule has 0 spiro atoms. The molecular weight excluding hydrogens is 394 g/mol. The number of hydrogen-bond acceptors (Lipinski definition) is 6. The Labute approximate surface area is 180 Å². The van der Waals surface area contributed by atoms with Crippen molar-refractivity contribution in [2.24, 2.45) is 0 Å². The molecule has 1 aliphatic heterocycles. The number of anilines is 2. The Morgan fingerprint density at radius 2 is 1.84 bits per heavy atom. The molecule has 0 unspecified atom stereocenters. The Morgan fingerprint density at radius 3 is 2.55 bits per heavy atom. The van der Waals surface area contributed by atoms with E-state index in [1.165, 1.54) is 10.1 Å². The highest BCUT2D eigenvalue weighted by Crippen LogP contribution is 2.28. The van der Waals surface area contributed by atoms with Crippen LogP contribution in [0.4, 0.5) is 11.6 Å². The second-order valence-electron chi connectivity index (χ2n) is 7.55. The second-order valence-corrected chi connectivity index (χ2v) is 7.55. The molecule has 1 atom stereocenters. The smallest absolute Gasteiger partial charge is 0.286 e. The minimum absolute atomic E-state index is 0.0945. The van der Waals surface area contributed by atoms with Gasteiger partial charge < -0.3 is 15.0 Å². The monoisotopic (exact) mass is 419 g/mol. The van der Waals surface area contributed by atoms with E-state index in [0.717, 1.165) is 24.3 Å². The molecule has 1 aliphatic rings. The topological polar surface area (TPSA) is 89.3 Å². The van der Waals surface area contributed by atoms with Gasteiger partial charge in [-0.25, -0.2) is 0 Å². The van der Waals surface area contributed by atoms with E-state index in [-0.39, 0.29) is 11.7 Å². The standard InChI is InChI=1S/C23H25N5O3/c1-16(8-9-17-6-4-3-5-7-17)24-21(29)20-22(30)28-15-14-27(23(28)26-25-20)18-10-12-19(31-2)13-11-18/h3-7,10-13,16H,8-9,14-15H2,1-2H3,(H,24,29)/t16-/m0/s1. The van der Waals surface area contributed by atoms with Gasteiger partial charge in [0.05, 0.1) is 7.11 Å². The quantitative estimate of drug-likeness (QED) is 0.633. The number of ether oxygens (including phenoxy) is 1. The zero-order valence-electron chi connectivity index (χ0n) is 17.6. The Morgan fingerprint density at radius 1 is 1.10 bits per heavy atom. The van der Waals surface area contributed by atoms with Crippen molar-refractivity contribution in [3.63, 3.8) is 0 Å². The number of aryl methyl sites for hydroxylation is 1. The number of nitrogens with one attached hydrogen (secondary N) is 1. The number of hydrogen-bond donors (Lipinski definition) is 1. The lowest BCUT2D eigenvalue weighted by Gasteiger charge is -2.17. The van der Waals surface area contributed by atoms with Crippen LogP contribution in [0, 0.1) is 0 Å². The second kappa shape index (κ2) is 8.99. The molecule has 8 heteroatoms. The third-order valence-electron chi connectivity index (χ3n) is 5.40. The summed E-state index contributed by atoms with van der Waals surface area (Å²) in [5.74, 6) is 0.694. The van der Waals surface area contributed by atoms with Crippen LogP contribution in [0.3, 0.4) is 0 Å². The number of aromatic nitrogens is 3. The molecule has 3 aromatic rings. The number of rotatable bonds is 7. The molecule has 0 saturated carbocycles. The summed E-state index contributed by atoms with van der Waals surface area (Å²) >= 11 is 0. The summed E-state index contributed by atoms with van der Waals surface area (Å²) in [6.07, 6.45) is 1.61. The SMILES string of the molecule is COc1ccc(N2CCn3c2nnc(C(=O)N[C@@H](C)CCc2ccccc2)c3=O)cc1. The van der Waals surface area contributed by atoms with Crippen molar-refractivity contribution in [2.75, 3.05) is 18.6 Å². The van der Waals surface area contributed by atoms with E-state index < -0.39 is 11.5 Å². The number of nitrogens with zero attached hydrogens (tertiary/aromatic N) is 4. The van der Waals surface area contributed by atoms with Gasteiger partial charge in [0.15, 0.2) is 0 Å². The molecule has 1 aromatic heterocycles. The van der Waals surface area contributed by atoms with Gasteiger partial charge in [-0.15, -0.1) is 10.2 Å². The molecule has 8 nitrogen and oxygen atoms in total. The van der Waals surface area contributed by atoms with Crippen LogP contribution >= 0.6 is 0 Å². The third kappa shape index (κ3) is 4.42. The summed E-state index contributed by atoms with van der Waals surface area (Å²) in [6, 6.07) is 17.5. The molecule has 1 N–H and O–H groups in total. The van der Waals surface area contributed by atoms with Crippen molar-refractivity contribution >= 4 is 17.5 Å². The van der Waals surface area contributed by atoms with Crippen LogP contribution < -0.4 is 20.5 Å². The lowest BCUT2D eigenvalue weighted by Crippen LogP contribution is -2.39. The molecule has 1 amide bonds. The maximum Gasteiger partial charge on any atom is 0.286 e. The zero-order valence-corrected chi connectivity index (χ0v) is 17.6. The summed E-state index contributed by atoms with van der Waals surface area (Å²) in [5, 5.41) is 11.0. The van der Waals surface area contributed by atoms with E-state index in [1.807, 2.05) is 54.3 Å². The molecule has 0 fully saturated rings. The first-order chi connectivity index (χ1) is 15.1. The first-order valence-electron chi connectivity index (χ1n) is 10.3. The van der Waals surface area contributed by atoms with E-state index in [1.54, 1.807) is 7.11 Å². The summed E-state index contributed by atoms with van der Waals surface area (Å²) in [4.78, 5) is 27.4. The van der Waals surface area contributed by atoms with Crippen LogP contribution in [0.1, 0.15) is 29.4 Å². The van der Waals surface area contributed by atoms with E-state index in [2.05, 4.69) is 27.6 Å². The van der Waals surface area contributed by atoms with Crippen molar-refractivity contribution in [3.8, 4) is 5.75 Å². The van der Waals surface area contributed by atoms with Crippen LogP contribution in [0.5, 0.6) is 5.75 Å². The van der Waals surface area contributed by atoms with Gasteiger partial charge in [0.2, 0.25) is 11.6 Å². The van der Waals surface area contributed by atoms with Gasteiger partial charge in [-0.3, -0.25) is 14.2 Å². The minimum Gasteiger partial charge on any atom is -0.497 e. The first kappa shape index (κ1) is 20.6. The Kier molecular flexibility index (Phi) is 5.97. The van der Waals surface area contributed by atoms with Gasteiger partial charge in [0.25, 0.3) is 11.5 Å². The molecule has 2 aromatic carbocycles. The van der Waals surface area contributed by atoms with Gasteiger partial charge >= 0.3 is 0 Å². The highest BCUT2D eigenvalue weighted by atomic mass is 16.5. The Bertz CT molecular complexity index is 1110. The maximum absolute atomic E-state index is 12.9. The van der Waals surface area contributed by atoms with E-state index in [9.17, 15) is 9.59 Å². The minimum atomic E-state index is -0.490. The van der Waals surface area contributed by atoms with E-state index >= 15 is 0 Å². The Balaban J connectivity index is 1.45. The highest BCUT2D eigenvalue weighted by Gasteiger charge is 2.27. The van der Waals surface area contributed by atoms with Gasteiger partial charge in [-0.2, -0.15) is 0 Å². The van der Waals surface area contributed by atoms with Crippen molar-refractivity contribution in [2.45, 2.75) is 32.4 Å². The summed E-state index contributed by atoms with van der Waals surface area (Å²) in [7, 11) is 1.61. The van der Waals surface area contributed by atoms with Crippen molar-refractivity contribution in [1.29, 1.82) is 0 Å². The average Bonchev–Trinajstić information content (AvgIpc) is 3.23. The predicted octanol–water partition coefficient (Wildman–Crippen LogP) is 2.55. The molecule has 4 rings (SSSR count). The summed E-state index contributed by atoms with van der Waals surface area (Å²) in [5.41, 5.74) is 1.49. The fourth-order valence-corrected chi connectivity index (χ4v) is 3.65.